The molecule has 34 heavy (non-hydrogen) atoms. The number of carbonyl (C=O) groups is 2. The van der Waals surface area contributed by atoms with Gasteiger partial charge in [0.15, 0.2) is 16.8 Å². The summed E-state index contributed by atoms with van der Waals surface area (Å²) in [6, 6.07) is 2.26. The zero-order valence-corrected chi connectivity index (χ0v) is 17.9. The highest BCUT2D eigenvalue weighted by atomic mass is 19.3. The van der Waals surface area contributed by atoms with Crippen LogP contribution in [0.15, 0.2) is 28.9 Å². The van der Waals surface area contributed by atoms with E-state index < -0.39 is 23.9 Å². The SMILES string of the molecule is CCOC(=O)C(F)(F)Oc1ccc(-n2nccn2)c2oc(N3CC4CCC(C3)N4C(=O)O)nc12. The number of ether oxygens (including phenoxy) is 2. The summed E-state index contributed by atoms with van der Waals surface area (Å²) in [6.45, 7) is 1.83. The average molecular weight is 478 g/mol. The summed E-state index contributed by atoms with van der Waals surface area (Å²) >= 11 is 0. The molecule has 180 valence electrons. The predicted octanol–water partition coefficient (Wildman–Crippen LogP) is 2.27. The van der Waals surface area contributed by atoms with Gasteiger partial charge in [-0.3, -0.25) is 4.90 Å². The van der Waals surface area contributed by atoms with E-state index in [-0.39, 0.29) is 35.8 Å². The van der Waals surface area contributed by atoms with Gasteiger partial charge in [-0.25, -0.2) is 9.59 Å². The van der Waals surface area contributed by atoms with Crippen LogP contribution in [-0.2, 0) is 9.53 Å². The highest BCUT2D eigenvalue weighted by Crippen LogP contribution is 2.38. The molecule has 2 unspecified atom stereocenters. The van der Waals surface area contributed by atoms with Crippen molar-refractivity contribution >= 4 is 29.2 Å². The number of hydrogen-bond donors (Lipinski definition) is 1. The fraction of sp³-hybridized carbons (Fsp3) is 0.450. The molecule has 1 aromatic carbocycles. The van der Waals surface area contributed by atoms with Crippen LogP contribution in [0.25, 0.3) is 16.8 Å². The Bertz CT molecular complexity index is 1220. The number of anilines is 1. The number of nitrogens with zero attached hydrogens (tertiary/aromatic N) is 6. The highest BCUT2D eigenvalue weighted by Gasteiger charge is 2.46. The van der Waals surface area contributed by atoms with E-state index in [0.717, 1.165) is 0 Å². The molecule has 12 nitrogen and oxygen atoms in total. The highest BCUT2D eigenvalue weighted by molar-refractivity contribution is 5.89. The number of hydrogen-bond acceptors (Lipinski definition) is 9. The normalized spacial score (nSPS) is 20.1. The number of alkyl halides is 2. The second-order valence-corrected chi connectivity index (χ2v) is 7.89. The maximum atomic E-state index is 14.3. The van der Waals surface area contributed by atoms with Crippen LogP contribution in [0.3, 0.4) is 0 Å². The van der Waals surface area contributed by atoms with E-state index in [1.54, 1.807) is 4.90 Å². The molecular weight excluding hydrogens is 458 g/mol. The van der Waals surface area contributed by atoms with Crippen molar-refractivity contribution in [3.05, 3.63) is 24.5 Å². The molecule has 4 heterocycles. The summed E-state index contributed by atoms with van der Waals surface area (Å²) in [5.74, 6) is -2.22. The van der Waals surface area contributed by atoms with Crippen LogP contribution < -0.4 is 9.64 Å². The standard InChI is InChI=1S/C20H20F2N6O6/c1-2-32-17(29)20(21,22)34-14-6-5-13(28-23-7-8-24-28)16-15(14)25-18(33-16)26-9-11-3-4-12(10-26)27(11)19(30)31/h5-8,11-12H,2-4,9-10H2,1H3,(H,30,31). The van der Waals surface area contributed by atoms with E-state index in [1.807, 2.05) is 0 Å². The minimum atomic E-state index is -4.25. The minimum Gasteiger partial charge on any atom is -0.465 e. The molecule has 0 saturated carbocycles. The van der Waals surface area contributed by atoms with Crippen LogP contribution in [0, 0.1) is 0 Å². The van der Waals surface area contributed by atoms with Gasteiger partial charge in [-0.2, -0.15) is 24.0 Å². The number of carbonyl (C=O) groups excluding carboxylic acids is 1. The molecule has 2 bridgehead atoms. The Balaban J connectivity index is 1.54. The molecule has 3 aromatic rings. The average Bonchev–Trinajstić information content (AvgIpc) is 3.52. The van der Waals surface area contributed by atoms with Gasteiger partial charge in [0.25, 0.3) is 6.01 Å². The molecule has 0 spiro atoms. The lowest BCUT2D eigenvalue weighted by Gasteiger charge is -2.38. The third-order valence-electron chi connectivity index (χ3n) is 5.83. The quantitative estimate of drug-likeness (QED) is 0.526. The fourth-order valence-corrected chi connectivity index (χ4v) is 4.44. The largest absolute Gasteiger partial charge is 0.502 e. The Hall–Kier alpha value is -3.97. The lowest BCUT2D eigenvalue weighted by molar-refractivity contribution is -0.216. The summed E-state index contributed by atoms with van der Waals surface area (Å²) in [4.78, 5) is 32.1. The molecule has 2 aliphatic heterocycles. The third-order valence-corrected chi connectivity index (χ3v) is 5.83. The molecule has 2 saturated heterocycles. The first-order chi connectivity index (χ1) is 16.3. The van der Waals surface area contributed by atoms with Crippen LogP contribution in [0.1, 0.15) is 19.8 Å². The first-order valence-electron chi connectivity index (χ1n) is 10.6. The number of aromatic nitrogens is 4. The minimum absolute atomic E-state index is 0.0661. The van der Waals surface area contributed by atoms with E-state index in [9.17, 15) is 23.5 Å². The molecular formula is C20H20F2N6O6. The number of piperazine rings is 1. The number of esters is 1. The van der Waals surface area contributed by atoms with Gasteiger partial charge in [-0.1, -0.05) is 0 Å². The molecule has 2 aliphatic rings. The van der Waals surface area contributed by atoms with E-state index in [4.69, 9.17) is 9.15 Å². The van der Waals surface area contributed by atoms with Gasteiger partial charge in [0, 0.05) is 13.1 Å². The van der Waals surface area contributed by atoms with Crippen molar-refractivity contribution in [1.82, 2.24) is 24.9 Å². The zero-order valence-electron chi connectivity index (χ0n) is 17.9. The topological polar surface area (TPSA) is 136 Å². The Morgan fingerprint density at radius 2 is 1.88 bits per heavy atom. The third kappa shape index (κ3) is 3.64. The van der Waals surface area contributed by atoms with Gasteiger partial charge < -0.3 is 23.9 Å². The Labute approximate surface area is 190 Å². The van der Waals surface area contributed by atoms with Crippen molar-refractivity contribution in [2.24, 2.45) is 0 Å². The molecule has 0 radical (unpaired) electrons. The van der Waals surface area contributed by atoms with E-state index >= 15 is 0 Å². The lowest BCUT2D eigenvalue weighted by atomic mass is 10.2. The number of rotatable bonds is 6. The van der Waals surface area contributed by atoms with Gasteiger partial charge in [0.1, 0.15) is 5.69 Å². The van der Waals surface area contributed by atoms with Crippen molar-refractivity contribution in [3.8, 4) is 11.4 Å². The van der Waals surface area contributed by atoms with Crippen LogP contribution in [0.5, 0.6) is 5.75 Å². The zero-order chi connectivity index (χ0) is 24.0. The van der Waals surface area contributed by atoms with Crippen LogP contribution in [0.2, 0.25) is 0 Å². The van der Waals surface area contributed by atoms with E-state index in [1.165, 1.54) is 41.1 Å². The van der Waals surface area contributed by atoms with Crippen LogP contribution >= 0.6 is 0 Å². The second-order valence-electron chi connectivity index (χ2n) is 7.89. The number of amides is 1. The molecule has 1 N–H and O–H groups in total. The van der Waals surface area contributed by atoms with Crippen molar-refractivity contribution in [1.29, 1.82) is 0 Å². The molecule has 14 heteroatoms. The lowest BCUT2D eigenvalue weighted by Crippen LogP contribution is -2.55. The summed E-state index contributed by atoms with van der Waals surface area (Å²) < 4.78 is 43.7. The molecule has 2 aromatic heterocycles. The Morgan fingerprint density at radius 1 is 1.21 bits per heavy atom. The van der Waals surface area contributed by atoms with Crippen molar-refractivity contribution in [2.45, 2.75) is 38.0 Å². The van der Waals surface area contributed by atoms with Crippen LogP contribution in [-0.4, -0.2) is 79.9 Å². The van der Waals surface area contributed by atoms with Gasteiger partial charge in [-0.15, -0.1) is 4.80 Å². The van der Waals surface area contributed by atoms with Crippen molar-refractivity contribution in [2.75, 3.05) is 24.6 Å². The Kier molecular flexibility index (Phi) is 5.21. The van der Waals surface area contributed by atoms with Gasteiger partial charge in [0.2, 0.25) is 0 Å². The summed E-state index contributed by atoms with van der Waals surface area (Å²) in [6.07, 6.45) is -0.948. The van der Waals surface area contributed by atoms with E-state index in [2.05, 4.69) is 19.9 Å². The molecule has 0 aliphatic carbocycles. The summed E-state index contributed by atoms with van der Waals surface area (Å²) in [5, 5.41) is 17.6. The smallest absolute Gasteiger partial charge is 0.465 e. The first-order valence-corrected chi connectivity index (χ1v) is 10.6. The van der Waals surface area contributed by atoms with Gasteiger partial charge in [-0.05, 0) is 31.9 Å². The van der Waals surface area contributed by atoms with E-state index in [0.29, 0.717) is 31.6 Å². The second kappa shape index (κ2) is 8.11. The summed E-state index contributed by atoms with van der Waals surface area (Å²) in [5.41, 5.74) is 0.316. The van der Waals surface area contributed by atoms with Crippen LogP contribution in [0.4, 0.5) is 19.6 Å². The molecule has 2 fully saturated rings. The molecule has 5 rings (SSSR count). The number of fused-ring (bicyclic) bond motifs is 3. The van der Waals surface area contributed by atoms with Gasteiger partial charge >= 0.3 is 18.2 Å². The monoisotopic (exact) mass is 478 g/mol. The summed E-state index contributed by atoms with van der Waals surface area (Å²) in [7, 11) is 0. The van der Waals surface area contributed by atoms with Gasteiger partial charge in [0.05, 0.1) is 31.1 Å². The first kappa shape index (κ1) is 21.9. The van der Waals surface area contributed by atoms with Crippen molar-refractivity contribution < 1.29 is 37.4 Å². The molecule has 1 amide bonds. The number of carboxylic acid groups (broad SMARTS) is 1. The fourth-order valence-electron chi connectivity index (χ4n) is 4.44. The maximum Gasteiger partial charge on any atom is 0.502 e. The number of halogens is 2. The Morgan fingerprint density at radius 3 is 2.50 bits per heavy atom. The maximum absolute atomic E-state index is 14.3. The molecule has 2 atom stereocenters. The number of benzene rings is 1. The van der Waals surface area contributed by atoms with Crippen molar-refractivity contribution in [3.63, 3.8) is 0 Å². The number of oxazole rings is 1. The predicted molar refractivity (Wildman–Crippen MR) is 110 cm³/mol.